The minimum Gasteiger partial charge on any atom is -0.376 e. The highest BCUT2D eigenvalue weighted by Gasteiger charge is 2.27. The number of carbonyl (C=O) groups excluding carboxylic acids is 1. The smallest absolute Gasteiger partial charge is 0.226 e. The van der Waals surface area contributed by atoms with Crippen LogP contribution in [0.5, 0.6) is 0 Å². The lowest BCUT2D eigenvalue weighted by atomic mass is 10.2. The number of carbonyl (C=O) groups is 1. The molecule has 1 unspecified atom stereocenters. The number of aliphatic imine (C=N–C) groups is 1. The lowest BCUT2D eigenvalue weighted by molar-refractivity contribution is -0.121. The zero-order chi connectivity index (χ0) is 12.4. The Morgan fingerprint density at radius 2 is 2.61 bits per heavy atom. The second kappa shape index (κ2) is 5.32. The summed E-state index contributed by atoms with van der Waals surface area (Å²) in [7, 11) is 0. The highest BCUT2D eigenvalue weighted by Crippen LogP contribution is 2.30. The molecule has 1 saturated heterocycles. The summed E-state index contributed by atoms with van der Waals surface area (Å²) in [5.74, 6) is 0.0745. The van der Waals surface area contributed by atoms with Gasteiger partial charge in [-0.25, -0.2) is 0 Å². The quantitative estimate of drug-likeness (QED) is 0.823. The van der Waals surface area contributed by atoms with E-state index in [1.165, 1.54) is 0 Å². The number of nitrogens with one attached hydrogen (secondary N) is 1. The Labute approximate surface area is 111 Å². The fourth-order valence-corrected chi connectivity index (χ4v) is 3.33. The van der Waals surface area contributed by atoms with Gasteiger partial charge in [-0.2, -0.15) is 0 Å². The van der Waals surface area contributed by atoms with Crippen molar-refractivity contribution in [2.24, 2.45) is 4.99 Å². The highest BCUT2D eigenvalue weighted by atomic mass is 32.2. The van der Waals surface area contributed by atoms with Gasteiger partial charge in [-0.15, -0.1) is 0 Å². The van der Waals surface area contributed by atoms with E-state index in [4.69, 9.17) is 4.74 Å². The Kier molecular flexibility index (Phi) is 3.56. The average molecular weight is 267 g/mol. The van der Waals surface area contributed by atoms with E-state index in [0.29, 0.717) is 13.0 Å². The average Bonchev–Trinajstić information content (AvgIpc) is 3.05. The van der Waals surface area contributed by atoms with Crippen molar-refractivity contribution in [1.82, 2.24) is 10.2 Å². The largest absolute Gasteiger partial charge is 0.376 e. The minimum absolute atomic E-state index is 0.0745. The summed E-state index contributed by atoms with van der Waals surface area (Å²) in [6.07, 6.45) is 2.82. The van der Waals surface area contributed by atoms with Crippen LogP contribution < -0.4 is 5.32 Å². The van der Waals surface area contributed by atoms with Gasteiger partial charge in [-0.3, -0.25) is 9.79 Å². The van der Waals surface area contributed by atoms with E-state index in [2.05, 4.69) is 15.2 Å². The minimum atomic E-state index is 0.0745. The number of hydrogen-bond donors (Lipinski definition) is 1. The van der Waals surface area contributed by atoms with Gasteiger partial charge in [0.05, 0.1) is 19.1 Å². The normalized spacial score (nSPS) is 26.0. The Morgan fingerprint density at radius 1 is 1.67 bits per heavy atom. The van der Waals surface area contributed by atoms with Gasteiger partial charge in [0.2, 0.25) is 5.91 Å². The Morgan fingerprint density at radius 3 is 3.44 bits per heavy atom. The molecule has 0 radical (unpaired) electrons. The first kappa shape index (κ1) is 12.0. The van der Waals surface area contributed by atoms with Crippen LogP contribution in [0.15, 0.2) is 16.1 Å². The van der Waals surface area contributed by atoms with Crippen molar-refractivity contribution < 1.29 is 9.53 Å². The molecule has 0 aromatic carbocycles. The van der Waals surface area contributed by atoms with Crippen molar-refractivity contribution >= 4 is 22.8 Å². The van der Waals surface area contributed by atoms with Gasteiger partial charge in [-0.05, 0) is 18.2 Å². The van der Waals surface area contributed by atoms with Crippen LogP contribution in [0.25, 0.3) is 0 Å². The molecule has 1 fully saturated rings. The maximum Gasteiger partial charge on any atom is 0.226 e. The number of fused-ring (bicyclic) bond motifs is 1. The molecular weight excluding hydrogens is 250 g/mol. The van der Waals surface area contributed by atoms with Crippen molar-refractivity contribution in [3.05, 3.63) is 11.1 Å². The molecule has 5 nitrogen and oxygen atoms in total. The molecule has 1 atom stereocenters. The van der Waals surface area contributed by atoms with Crippen LogP contribution in [0.1, 0.15) is 19.3 Å². The predicted octanol–water partition coefficient (Wildman–Crippen LogP) is 0.931. The van der Waals surface area contributed by atoms with Crippen molar-refractivity contribution in [3.63, 3.8) is 0 Å². The van der Waals surface area contributed by atoms with Crippen LogP contribution in [0.2, 0.25) is 0 Å². The number of ether oxygens (including phenoxy) is 1. The molecule has 0 spiro atoms. The highest BCUT2D eigenvalue weighted by molar-refractivity contribution is 8.16. The van der Waals surface area contributed by atoms with Gasteiger partial charge < -0.3 is 15.0 Å². The van der Waals surface area contributed by atoms with Crippen molar-refractivity contribution in [2.75, 3.05) is 26.2 Å². The molecule has 0 aromatic rings. The molecule has 0 saturated carbocycles. The fraction of sp³-hybridized carbons (Fsp3) is 0.667. The standard InChI is InChI=1S/C12H17N3O2S/c16-11(14-7-10-2-1-5-17-10)6-9-8-18-12-13-3-4-15(9)12/h8,10H,1-7H2,(H,14,16). The molecule has 0 aliphatic carbocycles. The van der Waals surface area contributed by atoms with Crippen LogP contribution in [-0.2, 0) is 9.53 Å². The van der Waals surface area contributed by atoms with Crippen LogP contribution >= 0.6 is 11.8 Å². The summed E-state index contributed by atoms with van der Waals surface area (Å²) in [6, 6.07) is 0. The third-order valence-electron chi connectivity index (χ3n) is 3.34. The zero-order valence-corrected chi connectivity index (χ0v) is 11.0. The topological polar surface area (TPSA) is 53.9 Å². The fourth-order valence-electron chi connectivity index (χ4n) is 2.38. The first-order chi connectivity index (χ1) is 8.83. The third kappa shape index (κ3) is 2.54. The molecule has 0 bridgehead atoms. The van der Waals surface area contributed by atoms with Crippen LogP contribution in [0, 0.1) is 0 Å². The maximum absolute atomic E-state index is 11.9. The Balaban J connectivity index is 1.45. The van der Waals surface area contributed by atoms with Gasteiger partial charge in [0.15, 0.2) is 5.17 Å². The van der Waals surface area contributed by atoms with Gasteiger partial charge in [0.25, 0.3) is 0 Å². The number of hydrogen-bond acceptors (Lipinski definition) is 5. The molecule has 1 N–H and O–H groups in total. The molecule has 3 rings (SSSR count). The molecule has 3 aliphatic rings. The first-order valence-electron chi connectivity index (χ1n) is 6.39. The van der Waals surface area contributed by atoms with Crippen LogP contribution in [0.3, 0.4) is 0 Å². The van der Waals surface area contributed by atoms with Crippen LogP contribution in [0.4, 0.5) is 0 Å². The molecule has 1 amide bonds. The molecule has 3 heterocycles. The SMILES string of the molecule is O=C(CC1=CSC2=NCCN12)NCC1CCCO1. The van der Waals surface area contributed by atoms with E-state index in [1.54, 1.807) is 11.8 Å². The Bertz CT molecular complexity index is 402. The van der Waals surface area contributed by atoms with Crippen LogP contribution in [-0.4, -0.2) is 48.3 Å². The number of thioether (sulfide) groups is 1. The number of amidine groups is 1. The molecule has 18 heavy (non-hydrogen) atoms. The molecule has 3 aliphatic heterocycles. The van der Waals surface area contributed by atoms with Crippen molar-refractivity contribution in [3.8, 4) is 0 Å². The van der Waals surface area contributed by atoms with Crippen molar-refractivity contribution in [2.45, 2.75) is 25.4 Å². The summed E-state index contributed by atoms with van der Waals surface area (Å²) in [5.41, 5.74) is 1.07. The van der Waals surface area contributed by atoms with E-state index in [1.807, 2.05) is 5.41 Å². The van der Waals surface area contributed by atoms with Gasteiger partial charge in [-0.1, -0.05) is 11.8 Å². The third-order valence-corrected chi connectivity index (χ3v) is 4.29. The monoisotopic (exact) mass is 267 g/mol. The molecule has 6 heteroatoms. The van der Waals surface area contributed by atoms with Gasteiger partial charge in [0, 0.05) is 25.4 Å². The lowest BCUT2D eigenvalue weighted by Crippen LogP contribution is -2.33. The molecular formula is C12H17N3O2S. The summed E-state index contributed by atoms with van der Waals surface area (Å²) < 4.78 is 5.48. The molecule has 0 aromatic heterocycles. The van der Waals surface area contributed by atoms with Crippen molar-refractivity contribution in [1.29, 1.82) is 0 Å². The second-order valence-corrected chi connectivity index (χ2v) is 5.50. The number of nitrogens with zero attached hydrogens (tertiary/aromatic N) is 2. The second-order valence-electron chi connectivity index (χ2n) is 4.66. The molecule has 98 valence electrons. The van der Waals surface area contributed by atoms with E-state index in [-0.39, 0.29) is 12.0 Å². The van der Waals surface area contributed by atoms with E-state index in [0.717, 1.165) is 43.4 Å². The number of rotatable bonds is 4. The summed E-state index contributed by atoms with van der Waals surface area (Å²) >= 11 is 1.62. The zero-order valence-electron chi connectivity index (χ0n) is 10.2. The summed E-state index contributed by atoms with van der Waals surface area (Å²) in [4.78, 5) is 18.4. The lowest BCUT2D eigenvalue weighted by Gasteiger charge is -2.16. The van der Waals surface area contributed by atoms with Gasteiger partial charge >= 0.3 is 0 Å². The summed E-state index contributed by atoms with van der Waals surface area (Å²) in [5, 5.41) is 6.02. The summed E-state index contributed by atoms with van der Waals surface area (Å²) in [6.45, 7) is 3.22. The van der Waals surface area contributed by atoms with E-state index >= 15 is 0 Å². The number of amides is 1. The van der Waals surface area contributed by atoms with E-state index in [9.17, 15) is 4.79 Å². The predicted molar refractivity (Wildman–Crippen MR) is 71.3 cm³/mol. The maximum atomic E-state index is 11.9. The first-order valence-corrected chi connectivity index (χ1v) is 7.27. The van der Waals surface area contributed by atoms with Gasteiger partial charge in [0.1, 0.15) is 0 Å². The van der Waals surface area contributed by atoms with E-state index < -0.39 is 0 Å². The Hall–Kier alpha value is -1.01.